The summed E-state index contributed by atoms with van der Waals surface area (Å²) in [7, 11) is 1.51. The minimum Gasteiger partial charge on any atom is -0.479 e. The highest BCUT2D eigenvalue weighted by Gasteiger charge is 2.30. The van der Waals surface area contributed by atoms with Crippen LogP contribution in [-0.4, -0.2) is 35.2 Å². The van der Waals surface area contributed by atoms with Gasteiger partial charge in [0.2, 0.25) is 5.88 Å². The van der Waals surface area contributed by atoms with E-state index >= 15 is 0 Å². The van der Waals surface area contributed by atoms with Crippen molar-refractivity contribution in [2.24, 2.45) is 5.73 Å². The Hall–Kier alpha value is -1.15. The Labute approximate surface area is 101 Å². The van der Waals surface area contributed by atoms with Gasteiger partial charge in [0.15, 0.2) is 5.16 Å². The molecule has 0 saturated heterocycles. The molecule has 2 rings (SSSR count). The second-order valence-corrected chi connectivity index (χ2v) is 4.62. The Bertz CT molecular complexity index is 440. The first-order chi connectivity index (χ1) is 7.67. The van der Waals surface area contributed by atoms with Crippen molar-refractivity contribution in [3.8, 4) is 5.88 Å². The number of hydrogen-bond donors (Lipinski definition) is 1. The minimum absolute atomic E-state index is 0.387. The Kier molecular flexibility index (Phi) is 3.10. The van der Waals surface area contributed by atoms with E-state index in [9.17, 15) is 4.79 Å². The van der Waals surface area contributed by atoms with Crippen LogP contribution in [0.4, 0.5) is 10.5 Å². The maximum Gasteiger partial charge on any atom is 0.320 e. The van der Waals surface area contributed by atoms with Crippen molar-refractivity contribution in [3.05, 3.63) is 0 Å². The highest BCUT2D eigenvalue weighted by Crippen LogP contribution is 2.43. The first kappa shape index (κ1) is 11.3. The molecule has 1 aromatic rings. The normalized spacial score (nSPS) is 13.8. The molecule has 2 N–H and O–H groups in total. The maximum absolute atomic E-state index is 11.2. The molecule has 6 nitrogen and oxygen atoms in total. The molecule has 86 valence electrons. The predicted octanol–water partition coefficient (Wildman–Crippen LogP) is 1.16. The number of carbonyl (C=O) groups is 1. The lowest BCUT2D eigenvalue weighted by Gasteiger charge is -2.14. The van der Waals surface area contributed by atoms with Gasteiger partial charge in [0.05, 0.1) is 13.0 Å². The van der Waals surface area contributed by atoms with E-state index in [0.717, 1.165) is 5.03 Å². The molecule has 2 amide bonds. The fraction of sp³-hybridized carbons (Fsp3) is 0.375. The lowest BCUT2D eigenvalue weighted by atomic mass is 10.4. The minimum atomic E-state index is -0.523. The summed E-state index contributed by atoms with van der Waals surface area (Å²) in [6.07, 6.45) is 1.88. The number of anilines is 1. The topological polar surface area (TPSA) is 81.3 Å². The van der Waals surface area contributed by atoms with Gasteiger partial charge in [-0.05, 0) is 6.26 Å². The van der Waals surface area contributed by atoms with Crippen LogP contribution in [0.25, 0.3) is 0 Å². The molecule has 1 aliphatic rings. The molecule has 0 radical (unpaired) electrons. The zero-order valence-electron chi connectivity index (χ0n) is 8.76. The van der Waals surface area contributed by atoms with E-state index in [1.807, 2.05) is 6.26 Å². The van der Waals surface area contributed by atoms with Crippen molar-refractivity contribution in [1.82, 2.24) is 9.97 Å². The molecule has 0 aromatic carbocycles. The highest BCUT2D eigenvalue weighted by molar-refractivity contribution is 8.00. The first-order valence-electron chi connectivity index (χ1n) is 4.37. The number of amides is 2. The quantitative estimate of drug-likeness (QED) is 0.487. The standard InChI is InChI=1S/C8H10N4O2S2/c1-14-5-4-6(11-8(10-5)15-2)16-3-12(4)7(9)13/h3H2,1-2H3,(H2,9,13). The Morgan fingerprint density at radius 3 is 2.94 bits per heavy atom. The van der Waals surface area contributed by atoms with Gasteiger partial charge in [-0.3, -0.25) is 4.90 Å². The van der Waals surface area contributed by atoms with Crippen LogP contribution in [0.15, 0.2) is 10.2 Å². The lowest BCUT2D eigenvalue weighted by Crippen LogP contribution is -2.33. The van der Waals surface area contributed by atoms with E-state index in [1.54, 1.807) is 0 Å². The number of thioether (sulfide) groups is 2. The van der Waals surface area contributed by atoms with Gasteiger partial charge >= 0.3 is 6.03 Å². The Morgan fingerprint density at radius 2 is 2.38 bits per heavy atom. The average Bonchev–Trinajstić information content (AvgIpc) is 2.71. The van der Waals surface area contributed by atoms with Gasteiger partial charge in [0.1, 0.15) is 10.7 Å². The summed E-state index contributed by atoms with van der Waals surface area (Å²) < 4.78 is 5.15. The number of carbonyl (C=O) groups excluding carboxylic acids is 1. The Balaban J connectivity index is 2.52. The molecule has 0 unspecified atom stereocenters. The number of aromatic nitrogens is 2. The molecular weight excluding hydrogens is 248 g/mol. The highest BCUT2D eigenvalue weighted by atomic mass is 32.2. The third kappa shape index (κ3) is 1.78. The molecule has 16 heavy (non-hydrogen) atoms. The number of primary amides is 1. The van der Waals surface area contributed by atoms with Crippen LogP contribution in [0.2, 0.25) is 0 Å². The van der Waals surface area contributed by atoms with E-state index < -0.39 is 6.03 Å². The van der Waals surface area contributed by atoms with Crippen LogP contribution in [0.5, 0.6) is 5.88 Å². The number of methoxy groups -OCH3 is 1. The smallest absolute Gasteiger partial charge is 0.320 e. The number of urea groups is 1. The molecule has 0 fully saturated rings. The molecule has 1 aromatic heterocycles. The van der Waals surface area contributed by atoms with E-state index in [0.29, 0.717) is 22.6 Å². The molecule has 0 spiro atoms. The van der Waals surface area contributed by atoms with Crippen LogP contribution in [0, 0.1) is 0 Å². The number of hydrogen-bond acceptors (Lipinski definition) is 6. The summed E-state index contributed by atoms with van der Waals surface area (Å²) in [6, 6.07) is -0.523. The fourth-order valence-corrected chi connectivity index (χ4v) is 2.73. The zero-order valence-corrected chi connectivity index (χ0v) is 10.4. The summed E-state index contributed by atoms with van der Waals surface area (Å²) in [6.45, 7) is 0. The number of nitrogens with zero attached hydrogens (tertiary/aromatic N) is 3. The van der Waals surface area contributed by atoms with Crippen molar-refractivity contribution in [3.63, 3.8) is 0 Å². The van der Waals surface area contributed by atoms with E-state index in [1.165, 1.54) is 35.5 Å². The molecule has 8 heteroatoms. The first-order valence-corrected chi connectivity index (χ1v) is 6.58. The second kappa shape index (κ2) is 4.38. The van der Waals surface area contributed by atoms with Crippen molar-refractivity contribution in [2.45, 2.75) is 10.2 Å². The van der Waals surface area contributed by atoms with Crippen LogP contribution in [0.1, 0.15) is 0 Å². The second-order valence-electron chi connectivity index (χ2n) is 2.91. The lowest BCUT2D eigenvalue weighted by molar-refractivity contribution is 0.254. The van der Waals surface area contributed by atoms with Gasteiger partial charge in [-0.25, -0.2) is 9.78 Å². The van der Waals surface area contributed by atoms with Crippen LogP contribution in [0.3, 0.4) is 0 Å². The van der Waals surface area contributed by atoms with Crippen molar-refractivity contribution in [1.29, 1.82) is 0 Å². The third-order valence-electron chi connectivity index (χ3n) is 2.04. The van der Waals surface area contributed by atoms with E-state index in [2.05, 4.69) is 9.97 Å². The molecular formula is C8H10N4O2S2. The molecule has 0 aliphatic carbocycles. The van der Waals surface area contributed by atoms with Gasteiger partial charge in [0.25, 0.3) is 0 Å². The average molecular weight is 258 g/mol. The molecule has 0 saturated carbocycles. The van der Waals surface area contributed by atoms with E-state index in [4.69, 9.17) is 10.5 Å². The molecule has 2 heterocycles. The Morgan fingerprint density at radius 1 is 1.62 bits per heavy atom. The van der Waals surface area contributed by atoms with Crippen LogP contribution < -0.4 is 15.4 Å². The van der Waals surface area contributed by atoms with Crippen molar-refractivity contribution < 1.29 is 9.53 Å². The number of fused-ring (bicyclic) bond motifs is 1. The van der Waals surface area contributed by atoms with Gasteiger partial charge in [-0.2, -0.15) is 4.98 Å². The molecule has 1 aliphatic heterocycles. The monoisotopic (exact) mass is 258 g/mol. The zero-order chi connectivity index (χ0) is 11.7. The van der Waals surface area contributed by atoms with E-state index in [-0.39, 0.29) is 0 Å². The predicted molar refractivity (Wildman–Crippen MR) is 63.2 cm³/mol. The molecule has 0 bridgehead atoms. The summed E-state index contributed by atoms with van der Waals surface area (Å²) >= 11 is 2.87. The van der Waals surface area contributed by atoms with Gasteiger partial charge < -0.3 is 10.5 Å². The summed E-state index contributed by atoms with van der Waals surface area (Å²) in [5.41, 5.74) is 5.83. The maximum atomic E-state index is 11.2. The van der Waals surface area contributed by atoms with Crippen LogP contribution in [-0.2, 0) is 0 Å². The van der Waals surface area contributed by atoms with Gasteiger partial charge in [0, 0.05) is 0 Å². The summed E-state index contributed by atoms with van der Waals surface area (Å²) in [5, 5.41) is 1.35. The summed E-state index contributed by atoms with van der Waals surface area (Å²) in [4.78, 5) is 21.1. The van der Waals surface area contributed by atoms with Crippen molar-refractivity contribution >= 4 is 35.2 Å². The van der Waals surface area contributed by atoms with Gasteiger partial charge in [-0.15, -0.1) is 0 Å². The number of ether oxygens (including phenoxy) is 1. The van der Waals surface area contributed by atoms with Gasteiger partial charge in [-0.1, -0.05) is 23.5 Å². The fourth-order valence-electron chi connectivity index (χ4n) is 1.33. The SMILES string of the molecule is COc1nc(SC)nc2c1N(C(N)=O)CS2. The van der Waals surface area contributed by atoms with Crippen molar-refractivity contribution in [2.75, 3.05) is 24.1 Å². The third-order valence-corrected chi connectivity index (χ3v) is 3.53. The largest absolute Gasteiger partial charge is 0.479 e. The summed E-state index contributed by atoms with van der Waals surface area (Å²) in [5.74, 6) is 0.839. The number of rotatable bonds is 2. The van der Waals surface area contributed by atoms with Crippen LogP contribution >= 0.6 is 23.5 Å². The number of nitrogens with two attached hydrogens (primary N) is 1. The molecule has 0 atom stereocenters.